The van der Waals surface area contributed by atoms with Crippen LogP contribution in [0, 0.1) is 11.6 Å². The van der Waals surface area contributed by atoms with Crippen molar-refractivity contribution in [2.75, 3.05) is 18.4 Å². The van der Waals surface area contributed by atoms with E-state index in [1.807, 2.05) is 35.2 Å². The molecule has 0 aromatic heterocycles. The minimum absolute atomic E-state index is 0.0547. The Hall–Kier alpha value is -2.31. The maximum Gasteiger partial charge on any atom is 0.241 e. The Labute approximate surface area is 145 Å². The van der Waals surface area contributed by atoms with Crippen LogP contribution in [0.15, 0.2) is 48.5 Å². The zero-order valence-corrected chi connectivity index (χ0v) is 14.0. The fourth-order valence-corrected chi connectivity index (χ4v) is 3.22. The summed E-state index contributed by atoms with van der Waals surface area (Å²) in [6.45, 7) is 3.07. The summed E-state index contributed by atoms with van der Waals surface area (Å²) in [5.41, 5.74) is 7.66. The molecule has 1 saturated heterocycles. The topological polar surface area (TPSA) is 58.4 Å². The SMILES string of the molecule is CC(C(=O)Nc1ccc(F)c(F)c1)N1C[C@@H](N)[C@H](c2ccccc2)C1. The fraction of sp³-hybridized carbons (Fsp3) is 0.316. The molecule has 2 aromatic carbocycles. The van der Waals surface area contributed by atoms with E-state index in [0.717, 1.165) is 17.7 Å². The quantitative estimate of drug-likeness (QED) is 0.896. The highest BCUT2D eigenvalue weighted by atomic mass is 19.2. The molecule has 0 saturated carbocycles. The number of nitrogens with one attached hydrogen (secondary N) is 1. The van der Waals surface area contributed by atoms with E-state index >= 15 is 0 Å². The van der Waals surface area contributed by atoms with Crippen LogP contribution in [0.4, 0.5) is 14.5 Å². The number of carbonyl (C=O) groups excluding carboxylic acids is 1. The fourth-order valence-electron chi connectivity index (χ4n) is 3.22. The maximum atomic E-state index is 13.3. The molecular weight excluding hydrogens is 324 g/mol. The number of hydrogen-bond acceptors (Lipinski definition) is 3. The summed E-state index contributed by atoms with van der Waals surface area (Å²) in [7, 11) is 0. The first kappa shape index (κ1) is 17.5. The van der Waals surface area contributed by atoms with Gasteiger partial charge in [-0.15, -0.1) is 0 Å². The number of amides is 1. The molecule has 25 heavy (non-hydrogen) atoms. The van der Waals surface area contributed by atoms with Crippen LogP contribution in [-0.2, 0) is 4.79 Å². The monoisotopic (exact) mass is 345 g/mol. The minimum atomic E-state index is -0.988. The Balaban J connectivity index is 1.65. The van der Waals surface area contributed by atoms with E-state index in [1.54, 1.807) is 6.92 Å². The summed E-state index contributed by atoms with van der Waals surface area (Å²) in [4.78, 5) is 14.4. The zero-order chi connectivity index (χ0) is 18.0. The first-order valence-electron chi connectivity index (χ1n) is 8.26. The van der Waals surface area contributed by atoms with E-state index in [4.69, 9.17) is 5.73 Å². The van der Waals surface area contributed by atoms with Gasteiger partial charge in [0.1, 0.15) is 0 Å². The normalized spacial score (nSPS) is 21.9. The highest BCUT2D eigenvalue weighted by molar-refractivity contribution is 5.94. The summed E-state index contributed by atoms with van der Waals surface area (Å²) in [5, 5.41) is 2.63. The van der Waals surface area contributed by atoms with Crippen molar-refractivity contribution in [2.24, 2.45) is 5.73 Å². The van der Waals surface area contributed by atoms with Gasteiger partial charge < -0.3 is 11.1 Å². The van der Waals surface area contributed by atoms with Crippen LogP contribution in [0.2, 0.25) is 0 Å². The number of hydrogen-bond donors (Lipinski definition) is 2. The van der Waals surface area contributed by atoms with Gasteiger partial charge in [0, 0.05) is 36.8 Å². The summed E-state index contributed by atoms with van der Waals surface area (Å²) >= 11 is 0. The third kappa shape index (κ3) is 3.86. The van der Waals surface area contributed by atoms with Crippen LogP contribution >= 0.6 is 0 Å². The Morgan fingerprint density at radius 1 is 1.16 bits per heavy atom. The molecule has 0 aliphatic carbocycles. The lowest BCUT2D eigenvalue weighted by molar-refractivity contribution is -0.120. The molecule has 2 aromatic rings. The van der Waals surface area contributed by atoms with Crippen LogP contribution in [-0.4, -0.2) is 36.0 Å². The van der Waals surface area contributed by atoms with Crippen molar-refractivity contribution in [3.8, 4) is 0 Å². The molecule has 3 rings (SSSR count). The largest absolute Gasteiger partial charge is 0.326 e. The van der Waals surface area contributed by atoms with Crippen LogP contribution in [0.1, 0.15) is 18.4 Å². The zero-order valence-electron chi connectivity index (χ0n) is 14.0. The number of halogens is 2. The van der Waals surface area contributed by atoms with Gasteiger partial charge in [-0.3, -0.25) is 9.69 Å². The second kappa shape index (κ2) is 7.29. The standard InChI is InChI=1S/C19H21F2N3O/c1-12(19(25)23-14-7-8-16(20)17(21)9-14)24-10-15(18(22)11-24)13-5-3-2-4-6-13/h2-9,12,15,18H,10-11,22H2,1H3,(H,23,25)/t12?,15-,18+/m0/s1. The van der Waals surface area contributed by atoms with Gasteiger partial charge in [-0.05, 0) is 24.6 Å². The van der Waals surface area contributed by atoms with Gasteiger partial charge in [-0.1, -0.05) is 30.3 Å². The Morgan fingerprint density at radius 3 is 2.56 bits per heavy atom. The van der Waals surface area contributed by atoms with E-state index in [9.17, 15) is 13.6 Å². The Morgan fingerprint density at radius 2 is 1.88 bits per heavy atom. The smallest absolute Gasteiger partial charge is 0.241 e. The lowest BCUT2D eigenvalue weighted by Gasteiger charge is -2.23. The molecule has 6 heteroatoms. The van der Waals surface area contributed by atoms with Gasteiger partial charge in [0.05, 0.1) is 6.04 Å². The van der Waals surface area contributed by atoms with E-state index in [1.165, 1.54) is 6.07 Å². The van der Waals surface area contributed by atoms with Gasteiger partial charge in [-0.2, -0.15) is 0 Å². The number of benzene rings is 2. The molecule has 1 heterocycles. The van der Waals surface area contributed by atoms with Gasteiger partial charge >= 0.3 is 0 Å². The average Bonchev–Trinajstić information content (AvgIpc) is 3.00. The molecule has 1 aliphatic heterocycles. The van der Waals surface area contributed by atoms with Crippen molar-refractivity contribution < 1.29 is 13.6 Å². The predicted octanol–water partition coefficient (Wildman–Crippen LogP) is 2.72. The van der Waals surface area contributed by atoms with Crippen molar-refractivity contribution in [2.45, 2.75) is 24.9 Å². The molecule has 1 aliphatic rings. The maximum absolute atomic E-state index is 13.3. The van der Waals surface area contributed by atoms with Gasteiger partial charge in [0.25, 0.3) is 0 Å². The summed E-state index contributed by atoms with van der Waals surface area (Å²) in [6, 6.07) is 12.8. The first-order chi connectivity index (χ1) is 12.0. The molecule has 1 unspecified atom stereocenters. The van der Waals surface area contributed by atoms with Gasteiger partial charge in [-0.25, -0.2) is 8.78 Å². The number of rotatable bonds is 4. The lowest BCUT2D eigenvalue weighted by atomic mass is 9.95. The number of nitrogens with zero attached hydrogens (tertiary/aromatic N) is 1. The Bertz CT molecular complexity index is 754. The van der Waals surface area contributed by atoms with Crippen LogP contribution in [0.25, 0.3) is 0 Å². The second-order valence-corrected chi connectivity index (χ2v) is 6.43. The van der Waals surface area contributed by atoms with Gasteiger partial charge in [0.2, 0.25) is 5.91 Å². The molecular formula is C19H21F2N3O. The molecule has 0 spiro atoms. The molecule has 0 bridgehead atoms. The third-order valence-electron chi connectivity index (χ3n) is 4.74. The van der Waals surface area contributed by atoms with E-state index < -0.39 is 17.7 Å². The minimum Gasteiger partial charge on any atom is -0.326 e. The molecule has 132 valence electrons. The van der Waals surface area contributed by atoms with E-state index in [0.29, 0.717) is 13.1 Å². The molecule has 0 radical (unpaired) electrons. The molecule has 3 atom stereocenters. The lowest BCUT2D eigenvalue weighted by Crippen LogP contribution is -2.41. The molecule has 4 nitrogen and oxygen atoms in total. The third-order valence-corrected chi connectivity index (χ3v) is 4.74. The van der Waals surface area contributed by atoms with Crippen molar-refractivity contribution in [3.63, 3.8) is 0 Å². The summed E-state index contributed by atoms with van der Waals surface area (Å²) < 4.78 is 26.2. The van der Waals surface area contributed by atoms with E-state index in [-0.39, 0.29) is 23.6 Å². The Kier molecular flexibility index (Phi) is 5.11. The van der Waals surface area contributed by atoms with E-state index in [2.05, 4.69) is 5.32 Å². The predicted molar refractivity (Wildman–Crippen MR) is 93.2 cm³/mol. The molecule has 1 fully saturated rings. The van der Waals surface area contributed by atoms with Crippen LogP contribution in [0.5, 0.6) is 0 Å². The van der Waals surface area contributed by atoms with Crippen molar-refractivity contribution >= 4 is 11.6 Å². The number of likely N-dealkylation sites (tertiary alicyclic amines) is 1. The van der Waals surface area contributed by atoms with Crippen molar-refractivity contribution in [3.05, 3.63) is 65.7 Å². The van der Waals surface area contributed by atoms with Crippen LogP contribution < -0.4 is 11.1 Å². The highest BCUT2D eigenvalue weighted by Gasteiger charge is 2.35. The average molecular weight is 345 g/mol. The number of anilines is 1. The molecule has 3 N–H and O–H groups in total. The molecule has 1 amide bonds. The van der Waals surface area contributed by atoms with Gasteiger partial charge in [0.15, 0.2) is 11.6 Å². The van der Waals surface area contributed by atoms with Crippen molar-refractivity contribution in [1.82, 2.24) is 4.90 Å². The first-order valence-corrected chi connectivity index (χ1v) is 8.26. The van der Waals surface area contributed by atoms with Crippen molar-refractivity contribution in [1.29, 1.82) is 0 Å². The highest BCUT2D eigenvalue weighted by Crippen LogP contribution is 2.28. The summed E-state index contributed by atoms with van der Waals surface area (Å²) in [6.07, 6.45) is 0. The second-order valence-electron chi connectivity index (χ2n) is 6.43. The number of carbonyl (C=O) groups is 1. The van der Waals surface area contributed by atoms with Crippen LogP contribution in [0.3, 0.4) is 0 Å². The summed E-state index contributed by atoms with van der Waals surface area (Å²) in [5.74, 6) is -2.04. The number of nitrogens with two attached hydrogens (primary N) is 1.